The highest BCUT2D eigenvalue weighted by Gasteiger charge is 2.14. The number of ether oxygens (including phenoxy) is 2. The van der Waals surface area contributed by atoms with Gasteiger partial charge < -0.3 is 9.47 Å². The molecule has 2 heteroatoms. The molecule has 0 bridgehead atoms. The second kappa shape index (κ2) is 13.4. The average Bonchev–Trinajstić information content (AvgIpc) is 2.92. The van der Waals surface area contributed by atoms with Gasteiger partial charge in [0.25, 0.3) is 0 Å². The lowest BCUT2D eigenvalue weighted by Crippen LogP contribution is -2.17. The first kappa shape index (κ1) is 20.5. The molecule has 2 fully saturated rings. The summed E-state index contributed by atoms with van der Waals surface area (Å²) in [6.45, 7) is 3.70. The summed E-state index contributed by atoms with van der Waals surface area (Å²) in [7, 11) is 0. The van der Waals surface area contributed by atoms with E-state index in [4.69, 9.17) is 9.47 Å². The molecule has 0 aromatic heterocycles. The van der Waals surface area contributed by atoms with E-state index in [9.17, 15) is 0 Å². The normalized spacial score (nSPS) is 20.8. The van der Waals surface area contributed by atoms with Gasteiger partial charge in [-0.15, -0.1) is 5.73 Å². The molecule has 0 aromatic carbocycles. The Morgan fingerprint density at radius 2 is 1.48 bits per heavy atom. The van der Waals surface area contributed by atoms with E-state index in [0.717, 1.165) is 26.1 Å². The van der Waals surface area contributed by atoms with Crippen molar-refractivity contribution in [3.05, 3.63) is 29.5 Å². The molecule has 0 N–H and O–H groups in total. The lowest BCUT2D eigenvalue weighted by atomic mass is 9.98. The summed E-state index contributed by atoms with van der Waals surface area (Å²) in [6, 6.07) is 0. The van der Waals surface area contributed by atoms with Gasteiger partial charge in [-0.3, -0.25) is 0 Å². The van der Waals surface area contributed by atoms with Gasteiger partial charge >= 0.3 is 0 Å². The van der Waals surface area contributed by atoms with Crippen LogP contribution in [-0.2, 0) is 9.47 Å². The Hall–Kier alpha value is -0.820. The third-order valence-electron chi connectivity index (χ3n) is 5.31. The molecule has 0 aliphatic heterocycles. The van der Waals surface area contributed by atoms with Crippen LogP contribution in [0.25, 0.3) is 0 Å². The number of hydrogen-bond donors (Lipinski definition) is 0. The molecule has 0 aromatic rings. The number of hydrogen-bond acceptors (Lipinski definition) is 2. The van der Waals surface area contributed by atoms with Crippen LogP contribution in [0.5, 0.6) is 0 Å². The first-order chi connectivity index (χ1) is 12.4. The lowest BCUT2D eigenvalue weighted by Gasteiger charge is -2.22. The van der Waals surface area contributed by atoms with Crippen molar-refractivity contribution in [2.75, 3.05) is 13.2 Å². The molecule has 0 radical (unpaired) electrons. The molecule has 142 valence electrons. The first-order valence-corrected chi connectivity index (χ1v) is 10.7. The van der Waals surface area contributed by atoms with Gasteiger partial charge in [-0.05, 0) is 56.3 Å². The Kier molecular flexibility index (Phi) is 11.0. The molecule has 2 nitrogen and oxygen atoms in total. The molecular formula is C23H38O2. The van der Waals surface area contributed by atoms with Gasteiger partial charge in [-0.25, -0.2) is 0 Å². The maximum atomic E-state index is 6.15. The predicted molar refractivity (Wildman–Crippen MR) is 106 cm³/mol. The maximum Gasteiger partial charge on any atom is 0.0723 e. The van der Waals surface area contributed by atoms with Crippen LogP contribution >= 0.6 is 0 Å². The van der Waals surface area contributed by atoms with Crippen molar-refractivity contribution < 1.29 is 9.47 Å². The van der Waals surface area contributed by atoms with Crippen molar-refractivity contribution in [2.45, 2.75) is 103 Å². The molecule has 2 aliphatic carbocycles. The fraction of sp³-hybridized carbons (Fsp3) is 0.783. The molecule has 0 saturated heterocycles. The van der Waals surface area contributed by atoms with Crippen LogP contribution in [0.15, 0.2) is 29.5 Å². The Bertz CT molecular complexity index is 417. The molecular weight excluding hydrogens is 308 g/mol. The largest absolute Gasteiger partial charge is 0.378 e. The van der Waals surface area contributed by atoms with Gasteiger partial charge in [0.15, 0.2) is 0 Å². The molecule has 0 spiro atoms. The smallest absolute Gasteiger partial charge is 0.0723 e. The highest BCUT2D eigenvalue weighted by Crippen LogP contribution is 2.21. The van der Waals surface area contributed by atoms with Crippen LogP contribution in [-0.4, -0.2) is 25.4 Å². The van der Waals surface area contributed by atoms with Crippen molar-refractivity contribution in [3.8, 4) is 0 Å². The third-order valence-corrected chi connectivity index (χ3v) is 5.31. The van der Waals surface area contributed by atoms with Crippen LogP contribution in [0.1, 0.15) is 90.4 Å². The van der Waals surface area contributed by atoms with Crippen molar-refractivity contribution in [1.29, 1.82) is 0 Å². The van der Waals surface area contributed by atoms with Crippen molar-refractivity contribution in [1.82, 2.24) is 0 Å². The molecule has 0 atom stereocenters. The minimum Gasteiger partial charge on any atom is -0.378 e. The summed E-state index contributed by atoms with van der Waals surface area (Å²) in [5.74, 6) is 0. The molecule has 25 heavy (non-hydrogen) atoms. The maximum absolute atomic E-state index is 6.15. The van der Waals surface area contributed by atoms with Crippen LogP contribution < -0.4 is 0 Å². The van der Waals surface area contributed by atoms with E-state index in [1.54, 1.807) is 0 Å². The van der Waals surface area contributed by atoms with E-state index >= 15 is 0 Å². The Labute approximate surface area is 155 Å². The SMILES string of the molecule is CCC=C=C/C(=C\CCOC1CCCCCC1)COC1CCCCC1. The van der Waals surface area contributed by atoms with Crippen molar-refractivity contribution in [3.63, 3.8) is 0 Å². The summed E-state index contributed by atoms with van der Waals surface area (Å²) < 4.78 is 12.3. The quantitative estimate of drug-likeness (QED) is 0.205. The lowest BCUT2D eigenvalue weighted by molar-refractivity contribution is 0.0417. The fourth-order valence-corrected chi connectivity index (χ4v) is 3.78. The molecule has 2 saturated carbocycles. The minimum absolute atomic E-state index is 0.461. The van der Waals surface area contributed by atoms with E-state index in [1.807, 2.05) is 0 Å². The highest BCUT2D eigenvalue weighted by molar-refractivity contribution is 5.19. The van der Waals surface area contributed by atoms with Crippen LogP contribution in [0, 0.1) is 0 Å². The standard InChI is InChI=1S/C23H38O2/c1-2-3-7-13-21(20-25-23-17-10-6-11-18-23)14-12-19-24-22-15-8-4-5-9-16-22/h3,13-14,22-23H,2,4-6,8-12,15-20H2,1H3/b21-14+. The van der Waals surface area contributed by atoms with Crippen molar-refractivity contribution in [2.24, 2.45) is 0 Å². The zero-order valence-electron chi connectivity index (χ0n) is 16.3. The van der Waals surface area contributed by atoms with E-state index in [0.29, 0.717) is 12.2 Å². The van der Waals surface area contributed by atoms with Gasteiger partial charge in [-0.1, -0.05) is 57.9 Å². The molecule has 0 heterocycles. The second-order valence-corrected chi connectivity index (χ2v) is 7.55. The summed E-state index contributed by atoms with van der Waals surface area (Å²) >= 11 is 0. The van der Waals surface area contributed by atoms with E-state index < -0.39 is 0 Å². The van der Waals surface area contributed by atoms with E-state index in [-0.39, 0.29) is 0 Å². The predicted octanol–water partition coefficient (Wildman–Crippen LogP) is 6.51. The van der Waals surface area contributed by atoms with Gasteiger partial charge in [-0.2, -0.15) is 0 Å². The summed E-state index contributed by atoms with van der Waals surface area (Å²) in [4.78, 5) is 0. The first-order valence-electron chi connectivity index (χ1n) is 10.7. The Morgan fingerprint density at radius 3 is 2.12 bits per heavy atom. The van der Waals surface area contributed by atoms with E-state index in [1.165, 1.54) is 76.2 Å². The van der Waals surface area contributed by atoms with E-state index in [2.05, 4.69) is 30.9 Å². The van der Waals surface area contributed by atoms with Crippen molar-refractivity contribution >= 4 is 0 Å². The molecule has 2 rings (SSSR count). The fourth-order valence-electron chi connectivity index (χ4n) is 3.78. The number of rotatable bonds is 9. The zero-order chi connectivity index (χ0) is 17.6. The van der Waals surface area contributed by atoms with Crippen LogP contribution in [0.3, 0.4) is 0 Å². The summed E-state index contributed by atoms with van der Waals surface area (Å²) in [6.07, 6.45) is 23.9. The third kappa shape index (κ3) is 9.45. The van der Waals surface area contributed by atoms with Gasteiger partial charge in [0.2, 0.25) is 0 Å². The van der Waals surface area contributed by atoms with Crippen LogP contribution in [0.4, 0.5) is 0 Å². The summed E-state index contributed by atoms with van der Waals surface area (Å²) in [5.41, 5.74) is 4.53. The molecule has 2 aliphatic rings. The second-order valence-electron chi connectivity index (χ2n) is 7.55. The van der Waals surface area contributed by atoms with Gasteiger partial charge in [0.05, 0.1) is 25.4 Å². The minimum atomic E-state index is 0.461. The highest BCUT2D eigenvalue weighted by atomic mass is 16.5. The zero-order valence-corrected chi connectivity index (χ0v) is 16.3. The van der Waals surface area contributed by atoms with Crippen LogP contribution in [0.2, 0.25) is 0 Å². The molecule has 0 amide bonds. The monoisotopic (exact) mass is 346 g/mol. The van der Waals surface area contributed by atoms with Gasteiger partial charge in [0.1, 0.15) is 0 Å². The Morgan fingerprint density at radius 1 is 0.880 bits per heavy atom. The topological polar surface area (TPSA) is 18.5 Å². The Balaban J connectivity index is 1.74. The molecule has 0 unspecified atom stereocenters. The average molecular weight is 347 g/mol. The van der Waals surface area contributed by atoms with Gasteiger partial charge in [0, 0.05) is 0 Å². The summed E-state index contributed by atoms with van der Waals surface area (Å²) in [5, 5.41) is 0.